The van der Waals surface area contributed by atoms with E-state index in [1.807, 2.05) is 0 Å². The highest BCUT2D eigenvalue weighted by molar-refractivity contribution is 6.42. The van der Waals surface area contributed by atoms with Gasteiger partial charge < -0.3 is 0 Å². The largest absolute Gasteiger partial charge is 0.303 e. The second-order valence-corrected chi connectivity index (χ2v) is 2.50. The Morgan fingerprint density at radius 2 is 2.27 bits per heavy atom. The summed E-state index contributed by atoms with van der Waals surface area (Å²) in [6.07, 6.45) is 1.45. The summed E-state index contributed by atoms with van der Waals surface area (Å²) in [5, 5.41) is 6.96. The van der Waals surface area contributed by atoms with E-state index in [1.165, 1.54) is 12.3 Å². The Hall–Kier alpha value is -0.870. The van der Waals surface area contributed by atoms with E-state index in [0.29, 0.717) is 3.94 Å². The van der Waals surface area contributed by atoms with E-state index < -0.39 is 5.91 Å². The van der Waals surface area contributed by atoms with Crippen molar-refractivity contribution in [3.63, 3.8) is 0 Å². The summed E-state index contributed by atoms with van der Waals surface area (Å²) >= 11 is 10.3. The van der Waals surface area contributed by atoms with Gasteiger partial charge in [0.15, 0.2) is 5.69 Å². The van der Waals surface area contributed by atoms with Crippen molar-refractivity contribution in [3.05, 3.63) is 24.0 Å². The fraction of sp³-hybridized carbons (Fsp3) is 0. The van der Waals surface area contributed by atoms with Crippen LogP contribution in [0.1, 0.15) is 10.5 Å². The number of hydrogen-bond acceptors (Lipinski definition) is 3. The zero-order chi connectivity index (χ0) is 8.27. The maximum Gasteiger partial charge on any atom is 0.303 e. The molecule has 0 fully saturated rings. The molecule has 0 unspecified atom stereocenters. The molecule has 6 heteroatoms. The van der Waals surface area contributed by atoms with Gasteiger partial charge in [-0.1, -0.05) is 0 Å². The Morgan fingerprint density at radius 3 is 2.73 bits per heavy atom. The van der Waals surface area contributed by atoms with Gasteiger partial charge in [-0.3, -0.25) is 4.79 Å². The molecular weight excluding hydrogens is 189 g/mol. The van der Waals surface area contributed by atoms with Crippen LogP contribution in [0.4, 0.5) is 0 Å². The summed E-state index contributed by atoms with van der Waals surface area (Å²) in [6.45, 7) is 0. The maximum absolute atomic E-state index is 10.9. The van der Waals surface area contributed by atoms with Crippen LogP contribution in [0.15, 0.2) is 18.3 Å². The molecule has 1 rings (SSSR count). The predicted octanol–water partition coefficient (Wildman–Crippen LogP) is 1.23. The first-order chi connectivity index (χ1) is 5.22. The third-order valence-corrected chi connectivity index (χ3v) is 1.25. The van der Waals surface area contributed by atoms with Crippen molar-refractivity contribution in [3.8, 4) is 0 Å². The number of hydrogen-bond donors (Lipinski definition) is 0. The van der Waals surface area contributed by atoms with Gasteiger partial charge in [-0.25, -0.2) is 0 Å². The van der Waals surface area contributed by atoms with Gasteiger partial charge in [0.05, 0.1) is 0 Å². The second-order valence-electron chi connectivity index (χ2n) is 1.65. The molecule has 0 radical (unpaired) electrons. The molecule has 0 atom stereocenters. The van der Waals surface area contributed by atoms with Crippen molar-refractivity contribution in [2.24, 2.45) is 0 Å². The first-order valence-corrected chi connectivity index (χ1v) is 3.33. The molecule has 0 aromatic carbocycles. The zero-order valence-electron chi connectivity index (χ0n) is 5.24. The Labute approximate surface area is 73.0 Å². The number of carbonyl (C=O) groups is 1. The first-order valence-electron chi connectivity index (χ1n) is 2.65. The summed E-state index contributed by atoms with van der Waals surface area (Å²) in [6, 6.07) is 3.03. The predicted molar refractivity (Wildman–Crippen MR) is 39.9 cm³/mol. The van der Waals surface area contributed by atoms with Gasteiger partial charge in [-0.2, -0.15) is 9.04 Å². The first kappa shape index (κ1) is 8.23. The molecule has 58 valence electrons. The highest BCUT2D eigenvalue weighted by atomic mass is 35.5. The lowest BCUT2D eigenvalue weighted by Crippen LogP contribution is -2.13. The highest BCUT2D eigenvalue weighted by Gasteiger charge is 2.12. The molecule has 4 nitrogen and oxygen atoms in total. The number of rotatable bonds is 1. The van der Waals surface area contributed by atoms with Crippen LogP contribution in [0.2, 0.25) is 0 Å². The average Bonchev–Trinajstić information content (AvgIpc) is 2.05. The van der Waals surface area contributed by atoms with Crippen molar-refractivity contribution in [1.82, 2.24) is 14.1 Å². The minimum Gasteiger partial charge on any atom is -0.264 e. The Morgan fingerprint density at radius 1 is 1.55 bits per heavy atom. The fourth-order valence-corrected chi connectivity index (χ4v) is 0.675. The smallest absolute Gasteiger partial charge is 0.264 e. The molecule has 1 aromatic heterocycles. The van der Waals surface area contributed by atoms with E-state index >= 15 is 0 Å². The summed E-state index contributed by atoms with van der Waals surface area (Å²) in [5.41, 5.74) is 0.109. The molecule has 1 amide bonds. The summed E-state index contributed by atoms with van der Waals surface area (Å²) in [5.74, 6) is -0.596. The van der Waals surface area contributed by atoms with E-state index in [1.54, 1.807) is 6.07 Å². The van der Waals surface area contributed by atoms with Crippen LogP contribution in [0.5, 0.6) is 0 Å². The summed E-state index contributed by atoms with van der Waals surface area (Å²) in [4.78, 5) is 10.9. The molecule has 0 bridgehead atoms. The minimum atomic E-state index is -0.596. The van der Waals surface area contributed by atoms with E-state index in [-0.39, 0.29) is 5.69 Å². The molecule has 0 spiro atoms. The van der Waals surface area contributed by atoms with Gasteiger partial charge in [0.25, 0.3) is 0 Å². The van der Waals surface area contributed by atoms with Crippen LogP contribution in [0.3, 0.4) is 0 Å². The minimum absolute atomic E-state index is 0.109. The monoisotopic (exact) mass is 191 g/mol. The molecule has 0 aliphatic carbocycles. The van der Waals surface area contributed by atoms with Crippen molar-refractivity contribution in [1.29, 1.82) is 0 Å². The standard InChI is InChI=1S/C5H3Cl2N3O/c6-10(7)5(11)4-2-1-3-8-9-4/h1-3H. The molecule has 1 heterocycles. The third-order valence-electron chi connectivity index (χ3n) is 0.945. The lowest BCUT2D eigenvalue weighted by molar-refractivity contribution is 0.0917. The van der Waals surface area contributed by atoms with Crippen molar-refractivity contribution in [2.45, 2.75) is 0 Å². The van der Waals surface area contributed by atoms with Crippen molar-refractivity contribution >= 4 is 29.5 Å². The maximum atomic E-state index is 10.9. The number of carbonyl (C=O) groups excluding carboxylic acids is 1. The molecule has 0 aliphatic heterocycles. The Bertz CT molecular complexity index is 251. The van der Waals surface area contributed by atoms with Gasteiger partial charge in [0.2, 0.25) is 0 Å². The summed E-state index contributed by atoms with van der Waals surface area (Å²) in [7, 11) is 0. The third kappa shape index (κ3) is 2.03. The van der Waals surface area contributed by atoms with Crippen LogP contribution >= 0.6 is 23.6 Å². The number of aromatic nitrogens is 2. The normalized spacial score (nSPS) is 9.27. The lowest BCUT2D eigenvalue weighted by atomic mass is 10.4. The fourth-order valence-electron chi connectivity index (χ4n) is 0.502. The number of amides is 1. The molecule has 11 heavy (non-hydrogen) atoms. The lowest BCUT2D eigenvalue weighted by Gasteiger charge is -2.00. The highest BCUT2D eigenvalue weighted by Crippen LogP contribution is 2.05. The van der Waals surface area contributed by atoms with Crippen LogP contribution in [-0.4, -0.2) is 20.0 Å². The van der Waals surface area contributed by atoms with Crippen molar-refractivity contribution < 1.29 is 4.79 Å². The van der Waals surface area contributed by atoms with Crippen molar-refractivity contribution in [2.75, 3.05) is 0 Å². The average molecular weight is 192 g/mol. The molecule has 0 saturated carbocycles. The SMILES string of the molecule is O=C(c1cccnn1)N(Cl)Cl. The quantitative estimate of drug-likeness (QED) is 0.628. The van der Waals surface area contributed by atoms with E-state index in [0.717, 1.165) is 0 Å². The summed E-state index contributed by atoms with van der Waals surface area (Å²) < 4.78 is 0.407. The van der Waals surface area contributed by atoms with E-state index in [4.69, 9.17) is 23.6 Å². The van der Waals surface area contributed by atoms with E-state index in [9.17, 15) is 4.79 Å². The van der Waals surface area contributed by atoms with Crippen LogP contribution < -0.4 is 0 Å². The second kappa shape index (κ2) is 3.50. The topological polar surface area (TPSA) is 46.1 Å². The van der Waals surface area contributed by atoms with Gasteiger partial charge in [0, 0.05) is 29.8 Å². The molecular formula is C5H3Cl2N3O. The number of nitrogens with zero attached hydrogens (tertiary/aromatic N) is 3. The van der Waals surface area contributed by atoms with Crippen LogP contribution in [0, 0.1) is 0 Å². The van der Waals surface area contributed by atoms with Crippen LogP contribution in [-0.2, 0) is 0 Å². The molecule has 0 N–H and O–H groups in total. The van der Waals surface area contributed by atoms with E-state index in [2.05, 4.69) is 10.2 Å². The van der Waals surface area contributed by atoms with Gasteiger partial charge in [-0.05, 0) is 12.1 Å². The Balaban J connectivity index is 2.86. The Kier molecular flexibility index (Phi) is 2.62. The van der Waals surface area contributed by atoms with Gasteiger partial charge in [0.1, 0.15) is 0 Å². The molecule has 1 aromatic rings. The van der Waals surface area contributed by atoms with Gasteiger partial charge >= 0.3 is 5.91 Å². The van der Waals surface area contributed by atoms with Crippen LogP contribution in [0.25, 0.3) is 0 Å². The molecule has 0 saturated heterocycles. The van der Waals surface area contributed by atoms with Gasteiger partial charge in [-0.15, -0.1) is 5.10 Å². The number of halogens is 2. The molecule has 0 aliphatic rings. The zero-order valence-corrected chi connectivity index (χ0v) is 6.75.